The van der Waals surface area contributed by atoms with Crippen LogP contribution in [0.15, 0.2) is 60.7 Å². The van der Waals surface area contributed by atoms with Gasteiger partial charge < -0.3 is 5.32 Å². The van der Waals surface area contributed by atoms with E-state index < -0.39 is 15.9 Å². The Balaban J connectivity index is 1.68. The van der Waals surface area contributed by atoms with Gasteiger partial charge in [-0.05, 0) is 23.1 Å². The molecular weight excluding hydrogens is 430 g/mol. The van der Waals surface area contributed by atoms with E-state index in [4.69, 9.17) is 0 Å². The van der Waals surface area contributed by atoms with Gasteiger partial charge in [-0.15, -0.1) is 11.3 Å². The first-order chi connectivity index (χ1) is 14.9. The summed E-state index contributed by atoms with van der Waals surface area (Å²) < 4.78 is 25.3. The van der Waals surface area contributed by atoms with E-state index in [1.807, 2.05) is 60.7 Å². The third kappa shape index (κ3) is 4.39. The highest BCUT2D eigenvalue weighted by molar-refractivity contribution is 7.88. The normalized spacial score (nSPS) is 14.1. The summed E-state index contributed by atoms with van der Waals surface area (Å²) in [4.78, 5) is 14.2. The van der Waals surface area contributed by atoms with Crippen molar-refractivity contribution in [1.29, 1.82) is 5.26 Å². The molecule has 0 fully saturated rings. The minimum Gasteiger partial charge on any atom is -0.316 e. The summed E-state index contributed by atoms with van der Waals surface area (Å²) in [5.41, 5.74) is 2.98. The van der Waals surface area contributed by atoms with Crippen LogP contribution < -0.4 is 5.32 Å². The van der Waals surface area contributed by atoms with Crippen LogP contribution in [-0.4, -0.2) is 31.4 Å². The van der Waals surface area contributed by atoms with Gasteiger partial charge >= 0.3 is 0 Å². The number of rotatable bonds is 5. The summed E-state index contributed by atoms with van der Waals surface area (Å²) in [6.07, 6.45) is 1.64. The molecule has 0 radical (unpaired) electrons. The van der Waals surface area contributed by atoms with Crippen LogP contribution >= 0.6 is 11.3 Å². The van der Waals surface area contributed by atoms with Crippen molar-refractivity contribution >= 4 is 32.3 Å². The Morgan fingerprint density at radius 1 is 1.10 bits per heavy atom. The van der Waals surface area contributed by atoms with Gasteiger partial charge in [0, 0.05) is 18.0 Å². The molecule has 6 nitrogen and oxygen atoms in total. The molecular formula is C23H21N3O3S2. The molecule has 2 aromatic carbocycles. The zero-order chi connectivity index (χ0) is 22.0. The number of sulfonamides is 1. The highest BCUT2D eigenvalue weighted by atomic mass is 32.2. The van der Waals surface area contributed by atoms with E-state index in [1.165, 1.54) is 21.9 Å². The van der Waals surface area contributed by atoms with E-state index >= 15 is 0 Å². The summed E-state index contributed by atoms with van der Waals surface area (Å²) in [5.74, 6) is -0.756. The molecule has 0 aliphatic carbocycles. The number of fused-ring (bicyclic) bond motifs is 1. The number of nitrogens with one attached hydrogen (secondary N) is 1. The largest absolute Gasteiger partial charge is 0.316 e. The lowest BCUT2D eigenvalue weighted by molar-refractivity contribution is -0.116. The van der Waals surface area contributed by atoms with Crippen LogP contribution in [0, 0.1) is 11.3 Å². The first-order valence-corrected chi connectivity index (χ1v) is 12.5. The standard InChI is InChI=1S/C23H21N3O3S2/c1-31(28,29)26-13-12-18-19(14-24)23(30-20(18)15-26)25-22(27)21(16-8-4-2-5-9-16)17-10-6-3-7-11-17/h2-11,21H,12-13,15H2,1H3,(H,25,27). The predicted octanol–water partition coefficient (Wildman–Crippen LogP) is 3.71. The first kappa shape index (κ1) is 21.2. The quantitative estimate of drug-likeness (QED) is 0.640. The van der Waals surface area contributed by atoms with Gasteiger partial charge in [0.1, 0.15) is 11.1 Å². The molecule has 3 aromatic rings. The molecule has 8 heteroatoms. The zero-order valence-electron chi connectivity index (χ0n) is 16.9. The highest BCUT2D eigenvalue weighted by Crippen LogP contribution is 2.38. The number of nitrogens with zero attached hydrogens (tertiary/aromatic N) is 2. The van der Waals surface area contributed by atoms with Gasteiger partial charge in [-0.1, -0.05) is 60.7 Å². The fourth-order valence-corrected chi connectivity index (χ4v) is 5.92. The molecule has 1 aromatic heterocycles. The van der Waals surface area contributed by atoms with Crippen molar-refractivity contribution in [3.63, 3.8) is 0 Å². The van der Waals surface area contributed by atoms with Gasteiger partial charge in [-0.3, -0.25) is 4.79 Å². The molecule has 0 spiro atoms. The molecule has 1 aliphatic heterocycles. The second-order valence-electron chi connectivity index (χ2n) is 7.41. The van der Waals surface area contributed by atoms with Crippen molar-refractivity contribution in [2.24, 2.45) is 0 Å². The Bertz CT molecular complexity index is 1210. The van der Waals surface area contributed by atoms with Crippen molar-refractivity contribution < 1.29 is 13.2 Å². The molecule has 1 amide bonds. The molecule has 31 heavy (non-hydrogen) atoms. The Morgan fingerprint density at radius 2 is 1.68 bits per heavy atom. The van der Waals surface area contributed by atoms with Crippen LogP contribution in [0.25, 0.3) is 0 Å². The molecule has 1 N–H and O–H groups in total. The van der Waals surface area contributed by atoms with Crippen molar-refractivity contribution in [1.82, 2.24) is 4.31 Å². The Morgan fingerprint density at radius 3 is 2.19 bits per heavy atom. The SMILES string of the molecule is CS(=O)(=O)N1CCc2c(sc(NC(=O)C(c3ccccc3)c3ccccc3)c2C#N)C1. The van der Waals surface area contributed by atoms with Crippen molar-refractivity contribution in [3.8, 4) is 6.07 Å². The summed E-state index contributed by atoms with van der Waals surface area (Å²) in [5, 5.41) is 13.2. The molecule has 1 aliphatic rings. The van der Waals surface area contributed by atoms with E-state index in [1.54, 1.807) is 0 Å². The van der Waals surface area contributed by atoms with Gasteiger partial charge in [-0.25, -0.2) is 8.42 Å². The van der Waals surface area contributed by atoms with E-state index in [-0.39, 0.29) is 12.5 Å². The predicted molar refractivity (Wildman–Crippen MR) is 121 cm³/mol. The lowest BCUT2D eigenvalue weighted by atomic mass is 9.90. The number of amides is 1. The fourth-order valence-electron chi connectivity index (χ4n) is 3.84. The fraction of sp³-hybridized carbons (Fsp3) is 0.217. The molecule has 0 bridgehead atoms. The van der Waals surface area contributed by atoms with E-state index in [9.17, 15) is 18.5 Å². The number of hydrogen-bond acceptors (Lipinski definition) is 5. The monoisotopic (exact) mass is 451 g/mol. The average molecular weight is 452 g/mol. The van der Waals surface area contributed by atoms with Gasteiger partial charge in [0.15, 0.2) is 0 Å². The summed E-state index contributed by atoms with van der Waals surface area (Å²) >= 11 is 1.28. The summed E-state index contributed by atoms with van der Waals surface area (Å²) in [6.45, 7) is 0.561. The summed E-state index contributed by atoms with van der Waals surface area (Å²) in [7, 11) is -3.32. The topological polar surface area (TPSA) is 90.3 Å². The van der Waals surface area contributed by atoms with Crippen LogP contribution in [-0.2, 0) is 27.8 Å². The number of nitriles is 1. The zero-order valence-corrected chi connectivity index (χ0v) is 18.5. The number of carbonyl (C=O) groups is 1. The number of hydrogen-bond donors (Lipinski definition) is 1. The first-order valence-electron chi connectivity index (χ1n) is 9.79. The minimum atomic E-state index is -3.32. The molecule has 0 atom stereocenters. The van der Waals surface area contributed by atoms with Crippen LogP contribution in [0.3, 0.4) is 0 Å². The maximum Gasteiger partial charge on any atom is 0.237 e. The Labute approximate surface area is 185 Å². The third-order valence-corrected chi connectivity index (χ3v) is 7.75. The molecule has 4 rings (SSSR count). The van der Waals surface area contributed by atoms with Gasteiger partial charge in [0.25, 0.3) is 0 Å². The number of thiophene rings is 1. The second kappa shape index (κ2) is 8.63. The maximum absolute atomic E-state index is 13.4. The van der Waals surface area contributed by atoms with Crippen LogP contribution in [0.5, 0.6) is 0 Å². The highest BCUT2D eigenvalue weighted by Gasteiger charge is 2.30. The lowest BCUT2D eigenvalue weighted by Gasteiger charge is -2.24. The van der Waals surface area contributed by atoms with Crippen molar-refractivity contribution in [3.05, 3.63) is 87.8 Å². The van der Waals surface area contributed by atoms with Crippen LogP contribution in [0.1, 0.15) is 33.0 Å². The van der Waals surface area contributed by atoms with Crippen molar-refractivity contribution in [2.75, 3.05) is 18.1 Å². The molecule has 0 saturated carbocycles. The van der Waals surface area contributed by atoms with Crippen molar-refractivity contribution in [2.45, 2.75) is 18.9 Å². The maximum atomic E-state index is 13.4. The van der Waals surface area contributed by atoms with Gasteiger partial charge in [-0.2, -0.15) is 9.57 Å². The number of carbonyl (C=O) groups excluding carboxylic acids is 1. The smallest absolute Gasteiger partial charge is 0.237 e. The van der Waals surface area contributed by atoms with E-state index in [2.05, 4.69) is 11.4 Å². The van der Waals surface area contributed by atoms with E-state index in [0.29, 0.717) is 23.5 Å². The van der Waals surface area contributed by atoms with E-state index in [0.717, 1.165) is 21.6 Å². The van der Waals surface area contributed by atoms with Gasteiger partial charge in [0.2, 0.25) is 15.9 Å². The minimum absolute atomic E-state index is 0.226. The van der Waals surface area contributed by atoms with Crippen LogP contribution in [0.2, 0.25) is 0 Å². The molecule has 158 valence electrons. The Hall–Kier alpha value is -2.99. The van der Waals surface area contributed by atoms with Crippen LogP contribution in [0.4, 0.5) is 5.00 Å². The summed E-state index contributed by atoms with van der Waals surface area (Å²) in [6, 6.07) is 21.2. The molecule has 0 saturated heterocycles. The average Bonchev–Trinajstić information content (AvgIpc) is 3.11. The van der Waals surface area contributed by atoms with Gasteiger partial charge in [0.05, 0.1) is 17.7 Å². The molecule has 2 heterocycles. The Kier molecular flexibility index (Phi) is 5.92. The third-order valence-electron chi connectivity index (χ3n) is 5.37. The lowest BCUT2D eigenvalue weighted by Crippen LogP contribution is -2.34. The molecule has 0 unspecified atom stereocenters. The number of anilines is 1. The number of benzene rings is 2. The second-order valence-corrected chi connectivity index (χ2v) is 10.5.